The number of anilines is 1. The topological polar surface area (TPSA) is 59.6 Å². The van der Waals surface area contributed by atoms with Gasteiger partial charge in [0.1, 0.15) is 5.69 Å². The van der Waals surface area contributed by atoms with Gasteiger partial charge in [-0.1, -0.05) is 0 Å². The maximum Gasteiger partial charge on any atom is 0.319 e. The number of hydrogen-bond acceptors (Lipinski definition) is 3. The Morgan fingerprint density at radius 2 is 1.65 bits per heavy atom. The van der Waals surface area contributed by atoms with Gasteiger partial charge < -0.3 is 20.1 Å². The van der Waals surface area contributed by atoms with Gasteiger partial charge in [-0.2, -0.15) is 0 Å². The van der Waals surface area contributed by atoms with E-state index in [2.05, 4.69) is 5.32 Å². The van der Waals surface area contributed by atoms with Crippen molar-refractivity contribution in [2.75, 3.05) is 26.6 Å². The first-order chi connectivity index (χ1) is 8.04. The highest BCUT2D eigenvalue weighted by Crippen LogP contribution is 2.34. The minimum absolute atomic E-state index is 0.227. The van der Waals surface area contributed by atoms with Crippen LogP contribution in [0, 0.1) is 11.6 Å². The number of halogens is 2. The van der Waals surface area contributed by atoms with Crippen LogP contribution in [0.25, 0.3) is 0 Å². The molecule has 0 spiro atoms. The molecule has 2 amide bonds. The lowest BCUT2D eigenvalue weighted by Gasteiger charge is -2.12. The molecule has 94 valence electrons. The van der Waals surface area contributed by atoms with Crippen LogP contribution in [-0.2, 0) is 0 Å². The number of ether oxygens (including phenoxy) is 2. The average Bonchev–Trinajstić information content (AvgIpc) is 2.34. The molecule has 17 heavy (non-hydrogen) atoms. The van der Waals surface area contributed by atoms with Crippen LogP contribution in [0.4, 0.5) is 19.3 Å². The lowest BCUT2D eigenvalue weighted by atomic mass is 10.2. The molecule has 1 aromatic carbocycles. The largest absolute Gasteiger partial charge is 0.493 e. The summed E-state index contributed by atoms with van der Waals surface area (Å²) in [6.45, 7) is 0. The zero-order valence-electron chi connectivity index (χ0n) is 9.56. The molecule has 0 unspecified atom stereocenters. The monoisotopic (exact) mass is 246 g/mol. The lowest BCUT2D eigenvalue weighted by molar-refractivity contribution is 0.253. The molecule has 1 rings (SSSR count). The first kappa shape index (κ1) is 13.0. The molecule has 0 aromatic heterocycles. The van der Waals surface area contributed by atoms with Gasteiger partial charge in [0.25, 0.3) is 0 Å². The fourth-order valence-corrected chi connectivity index (χ4v) is 1.17. The van der Waals surface area contributed by atoms with Crippen LogP contribution < -0.4 is 20.1 Å². The molecule has 0 bridgehead atoms. The van der Waals surface area contributed by atoms with Crippen molar-refractivity contribution in [2.24, 2.45) is 0 Å². The molecule has 0 radical (unpaired) electrons. The van der Waals surface area contributed by atoms with E-state index in [1.54, 1.807) is 0 Å². The molecular formula is C10H12F2N2O3. The SMILES string of the molecule is CNC(=O)Nc1c(F)c(OC)cc(OC)c1F. The van der Waals surface area contributed by atoms with Crippen molar-refractivity contribution in [1.29, 1.82) is 0 Å². The van der Waals surface area contributed by atoms with Gasteiger partial charge in [-0.3, -0.25) is 0 Å². The number of urea groups is 1. The number of methoxy groups -OCH3 is 2. The number of benzene rings is 1. The smallest absolute Gasteiger partial charge is 0.319 e. The summed E-state index contributed by atoms with van der Waals surface area (Å²) in [6.07, 6.45) is 0. The minimum atomic E-state index is -1.01. The quantitative estimate of drug-likeness (QED) is 0.853. The van der Waals surface area contributed by atoms with Crippen LogP contribution in [0.15, 0.2) is 6.07 Å². The zero-order valence-corrected chi connectivity index (χ0v) is 9.56. The maximum absolute atomic E-state index is 13.7. The van der Waals surface area contributed by atoms with Gasteiger partial charge >= 0.3 is 6.03 Å². The molecule has 0 aliphatic rings. The second-order valence-electron chi connectivity index (χ2n) is 2.99. The van der Waals surface area contributed by atoms with E-state index in [0.717, 1.165) is 6.07 Å². The number of nitrogens with one attached hydrogen (secondary N) is 2. The van der Waals surface area contributed by atoms with Crippen LogP contribution in [0.5, 0.6) is 11.5 Å². The second-order valence-corrected chi connectivity index (χ2v) is 2.99. The van der Waals surface area contributed by atoms with E-state index in [9.17, 15) is 13.6 Å². The third-order valence-electron chi connectivity index (χ3n) is 2.04. The van der Waals surface area contributed by atoms with Crippen molar-refractivity contribution >= 4 is 11.7 Å². The number of carbonyl (C=O) groups is 1. The highest BCUT2D eigenvalue weighted by molar-refractivity contribution is 5.90. The number of amides is 2. The standard InChI is InChI=1S/C10H12F2N2O3/c1-13-10(15)14-9-7(11)5(16-2)4-6(17-3)8(9)12/h4H,1-3H3,(H2,13,14,15). The van der Waals surface area contributed by atoms with Gasteiger partial charge in [0.15, 0.2) is 23.1 Å². The molecule has 0 aliphatic carbocycles. The van der Waals surface area contributed by atoms with Gasteiger partial charge in [-0.25, -0.2) is 13.6 Å². The van der Waals surface area contributed by atoms with E-state index < -0.39 is 23.4 Å². The Kier molecular flexibility index (Phi) is 4.08. The van der Waals surface area contributed by atoms with Gasteiger partial charge in [0.2, 0.25) is 0 Å². The summed E-state index contributed by atoms with van der Waals surface area (Å²) >= 11 is 0. The summed E-state index contributed by atoms with van der Waals surface area (Å²) < 4.78 is 36.8. The minimum Gasteiger partial charge on any atom is -0.493 e. The highest BCUT2D eigenvalue weighted by Gasteiger charge is 2.21. The molecule has 2 N–H and O–H groups in total. The van der Waals surface area contributed by atoms with Crippen molar-refractivity contribution in [1.82, 2.24) is 5.32 Å². The van der Waals surface area contributed by atoms with E-state index in [0.29, 0.717) is 0 Å². The van der Waals surface area contributed by atoms with Gasteiger partial charge in [-0.05, 0) is 0 Å². The predicted molar refractivity (Wildman–Crippen MR) is 57.5 cm³/mol. The fourth-order valence-electron chi connectivity index (χ4n) is 1.17. The third-order valence-corrected chi connectivity index (χ3v) is 2.04. The molecule has 1 aromatic rings. The molecule has 5 nitrogen and oxygen atoms in total. The summed E-state index contributed by atoms with van der Waals surface area (Å²) in [6, 6.07) is 0.304. The molecule has 0 heterocycles. The Morgan fingerprint density at radius 3 is 2.00 bits per heavy atom. The molecular weight excluding hydrogens is 234 g/mol. The second kappa shape index (κ2) is 5.33. The Morgan fingerprint density at radius 1 is 1.18 bits per heavy atom. The van der Waals surface area contributed by atoms with Crippen molar-refractivity contribution in [3.05, 3.63) is 17.7 Å². The fraction of sp³-hybridized carbons (Fsp3) is 0.300. The van der Waals surface area contributed by atoms with Crippen molar-refractivity contribution < 1.29 is 23.0 Å². The summed E-state index contributed by atoms with van der Waals surface area (Å²) in [5.74, 6) is -2.46. The molecule has 0 atom stereocenters. The number of carbonyl (C=O) groups excluding carboxylic acids is 1. The molecule has 0 saturated heterocycles. The van der Waals surface area contributed by atoms with Crippen LogP contribution in [0.1, 0.15) is 0 Å². The first-order valence-corrected chi connectivity index (χ1v) is 4.63. The molecule has 0 saturated carbocycles. The maximum atomic E-state index is 13.7. The van der Waals surface area contributed by atoms with Crippen LogP contribution >= 0.6 is 0 Å². The van der Waals surface area contributed by atoms with E-state index in [-0.39, 0.29) is 11.5 Å². The van der Waals surface area contributed by atoms with Gasteiger partial charge in [-0.15, -0.1) is 0 Å². The number of hydrogen-bond donors (Lipinski definition) is 2. The first-order valence-electron chi connectivity index (χ1n) is 4.63. The predicted octanol–water partition coefficient (Wildman–Crippen LogP) is 1.73. The lowest BCUT2D eigenvalue weighted by Crippen LogP contribution is -2.25. The average molecular weight is 246 g/mol. The Hall–Kier alpha value is -2.05. The summed E-state index contributed by atoms with van der Waals surface area (Å²) in [4.78, 5) is 11.0. The number of rotatable bonds is 3. The summed E-state index contributed by atoms with van der Waals surface area (Å²) in [7, 11) is 3.77. The van der Waals surface area contributed by atoms with Crippen molar-refractivity contribution in [3.8, 4) is 11.5 Å². The zero-order chi connectivity index (χ0) is 13.0. The summed E-state index contributed by atoms with van der Waals surface area (Å²) in [5, 5.41) is 4.20. The Balaban J connectivity index is 3.29. The van der Waals surface area contributed by atoms with E-state index >= 15 is 0 Å². The van der Waals surface area contributed by atoms with Crippen LogP contribution in [-0.4, -0.2) is 27.3 Å². The molecule has 0 fully saturated rings. The van der Waals surface area contributed by atoms with E-state index in [1.165, 1.54) is 21.3 Å². The van der Waals surface area contributed by atoms with Gasteiger partial charge in [0, 0.05) is 13.1 Å². The van der Waals surface area contributed by atoms with E-state index in [4.69, 9.17) is 9.47 Å². The normalized spacial score (nSPS) is 9.71. The van der Waals surface area contributed by atoms with Crippen LogP contribution in [0.2, 0.25) is 0 Å². The summed E-state index contributed by atoms with van der Waals surface area (Å²) in [5.41, 5.74) is -0.624. The van der Waals surface area contributed by atoms with Gasteiger partial charge in [0.05, 0.1) is 14.2 Å². The van der Waals surface area contributed by atoms with Crippen LogP contribution in [0.3, 0.4) is 0 Å². The molecule has 0 aliphatic heterocycles. The van der Waals surface area contributed by atoms with E-state index in [1.807, 2.05) is 5.32 Å². The van der Waals surface area contributed by atoms with Crippen molar-refractivity contribution in [2.45, 2.75) is 0 Å². The Labute approximate surface area is 96.7 Å². The Bertz CT molecular complexity index is 410. The molecule has 7 heteroatoms. The third kappa shape index (κ3) is 2.55. The van der Waals surface area contributed by atoms with Crippen molar-refractivity contribution in [3.63, 3.8) is 0 Å². The highest BCUT2D eigenvalue weighted by atomic mass is 19.1.